The van der Waals surface area contributed by atoms with Crippen LogP contribution in [0.3, 0.4) is 0 Å². The fourth-order valence-corrected chi connectivity index (χ4v) is 1.70. The number of aromatic nitrogens is 2. The smallest absolute Gasteiger partial charge is 0.342 e. The summed E-state index contributed by atoms with van der Waals surface area (Å²) in [4.78, 5) is 18.6. The Labute approximate surface area is 110 Å². The lowest BCUT2D eigenvalue weighted by Gasteiger charge is -2.08. The third-order valence-electron chi connectivity index (χ3n) is 2.61. The maximum atomic E-state index is 11.7. The molecule has 0 aliphatic carbocycles. The maximum absolute atomic E-state index is 11.7. The number of para-hydroxylation sites is 1. The van der Waals surface area contributed by atoms with Crippen molar-refractivity contribution in [1.82, 2.24) is 9.97 Å². The molecule has 2 N–H and O–H groups in total. The largest absolute Gasteiger partial charge is 0.507 e. The van der Waals surface area contributed by atoms with Crippen LogP contribution in [0.1, 0.15) is 21.6 Å². The Morgan fingerprint density at radius 3 is 3.05 bits per heavy atom. The second-order valence-electron chi connectivity index (χ2n) is 3.95. The highest BCUT2D eigenvalue weighted by Crippen LogP contribution is 2.25. The lowest BCUT2D eigenvalue weighted by atomic mass is 10.0. The molecular formula is C14H14N2O3. The molecule has 19 heavy (non-hydrogen) atoms. The van der Waals surface area contributed by atoms with Crippen LogP contribution in [-0.4, -0.2) is 27.7 Å². The zero-order valence-electron chi connectivity index (χ0n) is 10.3. The van der Waals surface area contributed by atoms with Crippen molar-refractivity contribution >= 4 is 5.97 Å². The first-order chi connectivity index (χ1) is 9.22. The molecular weight excluding hydrogens is 244 g/mol. The number of nitrogens with zero attached hydrogens (tertiary/aromatic N) is 1. The first-order valence-electron chi connectivity index (χ1n) is 5.78. The summed E-state index contributed by atoms with van der Waals surface area (Å²) in [5.74, 6) is -0.630. The Morgan fingerprint density at radius 2 is 2.37 bits per heavy atom. The van der Waals surface area contributed by atoms with Crippen LogP contribution < -0.4 is 0 Å². The molecule has 5 heteroatoms. The minimum atomic E-state index is -0.566. The van der Waals surface area contributed by atoms with Gasteiger partial charge in [-0.25, -0.2) is 9.78 Å². The van der Waals surface area contributed by atoms with Crippen molar-refractivity contribution in [1.29, 1.82) is 0 Å². The number of rotatable bonds is 5. The Morgan fingerprint density at radius 1 is 1.53 bits per heavy atom. The van der Waals surface area contributed by atoms with Gasteiger partial charge >= 0.3 is 5.97 Å². The number of carbonyl (C=O) groups excluding carboxylic acids is 1. The second kappa shape index (κ2) is 5.86. The number of ether oxygens (including phenoxy) is 1. The summed E-state index contributed by atoms with van der Waals surface area (Å²) in [7, 11) is 0. The third-order valence-corrected chi connectivity index (χ3v) is 2.61. The predicted octanol–water partition coefficient (Wildman–Crippen LogP) is 2.05. The number of hydrogen-bond acceptors (Lipinski definition) is 4. The van der Waals surface area contributed by atoms with Gasteiger partial charge < -0.3 is 14.8 Å². The molecule has 2 rings (SSSR count). The van der Waals surface area contributed by atoms with E-state index in [1.165, 1.54) is 12.1 Å². The van der Waals surface area contributed by atoms with E-state index in [2.05, 4.69) is 16.5 Å². The van der Waals surface area contributed by atoms with Crippen LogP contribution in [0.4, 0.5) is 0 Å². The van der Waals surface area contributed by atoms with Crippen LogP contribution in [0, 0.1) is 0 Å². The molecule has 1 heterocycles. The summed E-state index contributed by atoms with van der Waals surface area (Å²) >= 11 is 0. The van der Waals surface area contributed by atoms with Crippen LogP contribution in [0.25, 0.3) is 0 Å². The predicted molar refractivity (Wildman–Crippen MR) is 70.0 cm³/mol. The van der Waals surface area contributed by atoms with Crippen molar-refractivity contribution in [2.45, 2.75) is 6.42 Å². The molecule has 0 spiro atoms. The van der Waals surface area contributed by atoms with Gasteiger partial charge in [-0.3, -0.25) is 0 Å². The van der Waals surface area contributed by atoms with Crippen LogP contribution in [0.5, 0.6) is 5.75 Å². The molecule has 0 amide bonds. The van der Waals surface area contributed by atoms with Gasteiger partial charge in [0, 0.05) is 23.9 Å². The van der Waals surface area contributed by atoms with E-state index in [4.69, 9.17) is 4.74 Å². The molecule has 5 nitrogen and oxygen atoms in total. The SMILES string of the molecule is C=CCOC(=O)c1cccc(Cc2cnc[nH]2)c1O. The van der Waals surface area contributed by atoms with Crippen LogP contribution in [-0.2, 0) is 11.2 Å². The number of imidazole rings is 1. The van der Waals surface area contributed by atoms with E-state index in [9.17, 15) is 9.90 Å². The average molecular weight is 258 g/mol. The monoisotopic (exact) mass is 258 g/mol. The average Bonchev–Trinajstić information content (AvgIpc) is 2.91. The molecule has 2 aromatic rings. The van der Waals surface area contributed by atoms with Crippen molar-refractivity contribution in [3.8, 4) is 5.75 Å². The molecule has 0 atom stereocenters. The highest BCUT2D eigenvalue weighted by molar-refractivity contribution is 5.92. The zero-order chi connectivity index (χ0) is 13.7. The van der Waals surface area contributed by atoms with E-state index >= 15 is 0 Å². The fourth-order valence-electron chi connectivity index (χ4n) is 1.70. The summed E-state index contributed by atoms with van der Waals surface area (Å²) in [6.07, 6.45) is 5.18. The van der Waals surface area contributed by atoms with Gasteiger partial charge in [0.05, 0.1) is 6.33 Å². The maximum Gasteiger partial charge on any atom is 0.342 e. The zero-order valence-corrected chi connectivity index (χ0v) is 10.3. The molecule has 0 saturated heterocycles. The Balaban J connectivity index is 2.22. The molecule has 1 aromatic carbocycles. The molecule has 0 saturated carbocycles. The molecule has 98 valence electrons. The van der Waals surface area contributed by atoms with Gasteiger partial charge in [-0.05, 0) is 6.07 Å². The van der Waals surface area contributed by atoms with Gasteiger partial charge in [0.15, 0.2) is 0 Å². The van der Waals surface area contributed by atoms with Gasteiger partial charge in [0.2, 0.25) is 0 Å². The summed E-state index contributed by atoms with van der Waals surface area (Å²) in [6, 6.07) is 4.98. The van der Waals surface area contributed by atoms with E-state index in [1.807, 2.05) is 0 Å². The summed E-state index contributed by atoms with van der Waals surface area (Å²) in [5.41, 5.74) is 1.64. The Hall–Kier alpha value is -2.56. The van der Waals surface area contributed by atoms with Gasteiger partial charge in [0.25, 0.3) is 0 Å². The first-order valence-corrected chi connectivity index (χ1v) is 5.78. The van der Waals surface area contributed by atoms with E-state index in [0.717, 1.165) is 5.69 Å². The van der Waals surface area contributed by atoms with Crippen molar-refractivity contribution in [2.24, 2.45) is 0 Å². The first kappa shape index (κ1) is 12.9. The van der Waals surface area contributed by atoms with Crippen molar-refractivity contribution in [3.63, 3.8) is 0 Å². The number of esters is 1. The number of phenols is 1. The molecule has 0 bridgehead atoms. The van der Waals surface area contributed by atoms with Crippen molar-refractivity contribution in [3.05, 3.63) is 60.2 Å². The van der Waals surface area contributed by atoms with Gasteiger partial charge in [-0.1, -0.05) is 24.8 Å². The minimum Gasteiger partial charge on any atom is -0.507 e. The number of aromatic hydroxyl groups is 1. The summed E-state index contributed by atoms with van der Waals surface area (Å²) in [6.45, 7) is 3.58. The summed E-state index contributed by atoms with van der Waals surface area (Å²) < 4.78 is 4.91. The van der Waals surface area contributed by atoms with Crippen molar-refractivity contribution in [2.75, 3.05) is 6.61 Å². The Bertz CT molecular complexity index is 576. The molecule has 0 aliphatic rings. The number of carbonyl (C=O) groups is 1. The second-order valence-corrected chi connectivity index (χ2v) is 3.95. The molecule has 0 aliphatic heterocycles. The quantitative estimate of drug-likeness (QED) is 0.635. The Kier molecular flexibility index (Phi) is 3.97. The fraction of sp³-hybridized carbons (Fsp3) is 0.143. The molecule has 1 aromatic heterocycles. The highest BCUT2D eigenvalue weighted by Gasteiger charge is 2.15. The van der Waals surface area contributed by atoms with E-state index in [0.29, 0.717) is 12.0 Å². The van der Waals surface area contributed by atoms with Gasteiger partial charge in [-0.15, -0.1) is 0 Å². The van der Waals surface area contributed by atoms with Crippen LogP contribution in [0.15, 0.2) is 43.4 Å². The topological polar surface area (TPSA) is 75.2 Å². The number of benzene rings is 1. The third kappa shape index (κ3) is 3.01. The van der Waals surface area contributed by atoms with Crippen LogP contribution >= 0.6 is 0 Å². The molecule has 0 unspecified atom stereocenters. The van der Waals surface area contributed by atoms with E-state index in [-0.39, 0.29) is 17.9 Å². The lowest BCUT2D eigenvalue weighted by Crippen LogP contribution is -2.06. The standard InChI is InChI=1S/C14H14N2O3/c1-2-6-19-14(18)12-5-3-4-10(13(12)17)7-11-8-15-9-16-11/h2-5,8-9,17H,1,6-7H2,(H,15,16). The lowest BCUT2D eigenvalue weighted by molar-refractivity contribution is 0.0546. The number of nitrogens with one attached hydrogen (secondary N) is 1. The number of aromatic amines is 1. The molecule has 0 fully saturated rings. The van der Waals surface area contributed by atoms with E-state index in [1.54, 1.807) is 24.7 Å². The van der Waals surface area contributed by atoms with Gasteiger partial charge in [0.1, 0.15) is 17.9 Å². The normalized spacial score (nSPS) is 10.1. The number of H-pyrrole nitrogens is 1. The molecule has 0 radical (unpaired) electrons. The van der Waals surface area contributed by atoms with Crippen molar-refractivity contribution < 1.29 is 14.6 Å². The highest BCUT2D eigenvalue weighted by atomic mass is 16.5. The number of hydrogen-bond donors (Lipinski definition) is 2. The summed E-state index contributed by atoms with van der Waals surface area (Å²) in [5, 5.41) is 10.1. The van der Waals surface area contributed by atoms with E-state index < -0.39 is 5.97 Å². The number of phenolic OH excluding ortho intramolecular Hbond substituents is 1. The van der Waals surface area contributed by atoms with Crippen LogP contribution in [0.2, 0.25) is 0 Å². The minimum absolute atomic E-state index is 0.0637. The van der Waals surface area contributed by atoms with Gasteiger partial charge in [-0.2, -0.15) is 0 Å².